The van der Waals surface area contributed by atoms with E-state index in [-0.39, 0.29) is 11.8 Å². The maximum atomic E-state index is 12.6. The topological polar surface area (TPSA) is 42.2 Å². The molecular formula is C25H21NO2. The number of carbonyl (C=O) groups is 1. The molecule has 0 bridgehead atoms. The zero-order valence-electron chi connectivity index (χ0n) is 15.4. The molecule has 2 aromatic carbocycles. The number of anilines is 1. The van der Waals surface area contributed by atoms with Gasteiger partial charge in [0, 0.05) is 17.2 Å². The minimum Gasteiger partial charge on any atom is -0.465 e. The van der Waals surface area contributed by atoms with E-state index in [1.54, 1.807) is 18.4 Å². The summed E-state index contributed by atoms with van der Waals surface area (Å²) < 4.78 is 5.26. The summed E-state index contributed by atoms with van der Waals surface area (Å²) in [4.78, 5) is 12.6. The maximum Gasteiger partial charge on any atom is 0.185 e. The van der Waals surface area contributed by atoms with E-state index in [0.717, 1.165) is 12.1 Å². The van der Waals surface area contributed by atoms with Crippen LogP contribution in [0.2, 0.25) is 0 Å². The molecule has 0 unspecified atom stereocenters. The van der Waals surface area contributed by atoms with Gasteiger partial charge < -0.3 is 9.73 Å². The molecule has 3 atom stereocenters. The molecule has 3 heteroatoms. The van der Waals surface area contributed by atoms with Gasteiger partial charge >= 0.3 is 0 Å². The lowest BCUT2D eigenvalue weighted by atomic mass is 9.76. The minimum atomic E-state index is -0.0112. The Morgan fingerprint density at radius 1 is 1.07 bits per heavy atom. The molecule has 3 nitrogen and oxygen atoms in total. The van der Waals surface area contributed by atoms with Gasteiger partial charge in [-0.2, -0.15) is 0 Å². The lowest BCUT2D eigenvalue weighted by Crippen LogP contribution is -2.29. The Labute approximate surface area is 164 Å². The second-order valence-electron chi connectivity index (χ2n) is 7.40. The summed E-state index contributed by atoms with van der Waals surface area (Å²) in [5, 5.41) is 3.72. The summed E-state index contributed by atoms with van der Waals surface area (Å²) in [6.45, 7) is 0. The van der Waals surface area contributed by atoms with E-state index in [2.05, 4.69) is 47.8 Å². The summed E-state index contributed by atoms with van der Waals surface area (Å²) in [7, 11) is 0. The van der Waals surface area contributed by atoms with E-state index in [1.165, 1.54) is 11.1 Å². The number of nitrogens with one attached hydrogen (secondary N) is 1. The van der Waals surface area contributed by atoms with Crippen LogP contribution in [0, 0.1) is 5.92 Å². The lowest BCUT2D eigenvalue weighted by Gasteiger charge is -2.37. The van der Waals surface area contributed by atoms with Gasteiger partial charge in [0.15, 0.2) is 5.78 Å². The molecule has 1 aliphatic heterocycles. The molecule has 138 valence electrons. The SMILES string of the molecule is O=C(/C=C/c1ccco1)c1ccc2c(c1)[C@H]1C=CC[C@@H]1[C@H](c1ccccc1)N2. The van der Waals surface area contributed by atoms with E-state index in [0.29, 0.717) is 23.2 Å². The number of rotatable bonds is 4. The average molecular weight is 367 g/mol. The highest BCUT2D eigenvalue weighted by molar-refractivity contribution is 6.07. The number of hydrogen-bond acceptors (Lipinski definition) is 3. The number of hydrogen-bond donors (Lipinski definition) is 1. The van der Waals surface area contributed by atoms with Crippen molar-refractivity contribution in [1.82, 2.24) is 0 Å². The van der Waals surface area contributed by atoms with Crippen LogP contribution in [0.1, 0.15) is 45.6 Å². The lowest BCUT2D eigenvalue weighted by molar-refractivity contribution is 0.104. The maximum absolute atomic E-state index is 12.6. The van der Waals surface area contributed by atoms with Crippen LogP contribution < -0.4 is 5.32 Å². The van der Waals surface area contributed by atoms with Crippen molar-refractivity contribution in [2.24, 2.45) is 5.92 Å². The fourth-order valence-electron chi connectivity index (χ4n) is 4.38. The Kier molecular flexibility index (Phi) is 4.21. The smallest absolute Gasteiger partial charge is 0.185 e. The molecule has 0 amide bonds. The van der Waals surface area contributed by atoms with E-state index in [1.807, 2.05) is 30.3 Å². The van der Waals surface area contributed by atoms with Gasteiger partial charge in [-0.15, -0.1) is 0 Å². The van der Waals surface area contributed by atoms with Crippen LogP contribution in [-0.2, 0) is 0 Å². The van der Waals surface area contributed by atoms with Gasteiger partial charge in [0.2, 0.25) is 0 Å². The van der Waals surface area contributed by atoms with Gasteiger partial charge in [-0.05, 0) is 65.9 Å². The molecule has 1 aromatic heterocycles. The van der Waals surface area contributed by atoms with Crippen LogP contribution in [0.25, 0.3) is 6.08 Å². The second kappa shape index (κ2) is 7.01. The van der Waals surface area contributed by atoms with Crippen LogP contribution in [0.15, 0.2) is 89.6 Å². The van der Waals surface area contributed by atoms with Gasteiger partial charge in [-0.3, -0.25) is 4.79 Å². The molecule has 0 fully saturated rings. The summed E-state index contributed by atoms with van der Waals surface area (Å²) in [6.07, 6.45) is 10.5. The third kappa shape index (κ3) is 2.99. The van der Waals surface area contributed by atoms with E-state index >= 15 is 0 Å². The van der Waals surface area contributed by atoms with Gasteiger partial charge in [-0.25, -0.2) is 0 Å². The Morgan fingerprint density at radius 3 is 2.79 bits per heavy atom. The van der Waals surface area contributed by atoms with Crippen molar-refractivity contribution in [2.75, 3.05) is 5.32 Å². The first-order valence-electron chi connectivity index (χ1n) is 9.67. The second-order valence-corrected chi connectivity index (χ2v) is 7.40. The molecule has 1 aliphatic carbocycles. The first kappa shape index (κ1) is 16.8. The van der Waals surface area contributed by atoms with E-state index < -0.39 is 0 Å². The zero-order chi connectivity index (χ0) is 18.9. The van der Waals surface area contributed by atoms with Crippen molar-refractivity contribution >= 4 is 17.5 Å². The average Bonchev–Trinajstić information content (AvgIpc) is 3.44. The summed E-state index contributed by atoms with van der Waals surface area (Å²) >= 11 is 0. The van der Waals surface area contributed by atoms with Gasteiger partial charge in [0.05, 0.1) is 12.3 Å². The van der Waals surface area contributed by atoms with Crippen LogP contribution >= 0.6 is 0 Å². The van der Waals surface area contributed by atoms with Crippen molar-refractivity contribution < 1.29 is 9.21 Å². The normalized spacial score (nSPS) is 22.6. The number of ketones is 1. The molecule has 0 saturated carbocycles. The third-order valence-electron chi connectivity index (χ3n) is 5.75. The number of furan rings is 1. The first-order valence-corrected chi connectivity index (χ1v) is 9.67. The fraction of sp³-hybridized carbons (Fsp3) is 0.160. The van der Waals surface area contributed by atoms with Crippen molar-refractivity contribution in [3.8, 4) is 0 Å². The molecule has 0 saturated heterocycles. The van der Waals surface area contributed by atoms with Crippen molar-refractivity contribution in [2.45, 2.75) is 18.4 Å². The molecule has 28 heavy (non-hydrogen) atoms. The Hall–Kier alpha value is -3.33. The highest BCUT2D eigenvalue weighted by Gasteiger charge is 2.37. The molecule has 2 heterocycles. The fourth-order valence-corrected chi connectivity index (χ4v) is 4.38. The highest BCUT2D eigenvalue weighted by atomic mass is 16.3. The largest absolute Gasteiger partial charge is 0.465 e. The first-order chi connectivity index (χ1) is 13.8. The van der Waals surface area contributed by atoms with E-state index in [9.17, 15) is 4.79 Å². The summed E-state index contributed by atoms with van der Waals surface area (Å²) in [5.41, 5.74) is 4.35. The number of carbonyl (C=O) groups excluding carboxylic acids is 1. The van der Waals surface area contributed by atoms with Gasteiger partial charge in [0.1, 0.15) is 5.76 Å². The Morgan fingerprint density at radius 2 is 1.96 bits per heavy atom. The van der Waals surface area contributed by atoms with Gasteiger partial charge in [-0.1, -0.05) is 42.5 Å². The zero-order valence-corrected chi connectivity index (χ0v) is 15.4. The quantitative estimate of drug-likeness (QED) is 0.349. The van der Waals surface area contributed by atoms with Crippen molar-refractivity contribution in [3.05, 3.63) is 108 Å². The monoisotopic (exact) mass is 367 g/mol. The standard InChI is InChI=1S/C25H21NO2/c27-24(14-12-19-8-5-15-28-19)18-11-13-23-22(16-18)20-9-4-10-21(20)25(26-23)17-6-2-1-3-7-17/h1-9,11-16,20-21,25-26H,10H2/b14-12+/t20-,21-,25-/m0/s1. The third-order valence-corrected chi connectivity index (χ3v) is 5.75. The van der Waals surface area contributed by atoms with Crippen LogP contribution in [0.3, 0.4) is 0 Å². The molecule has 0 spiro atoms. The van der Waals surface area contributed by atoms with Crippen molar-refractivity contribution in [3.63, 3.8) is 0 Å². The molecule has 5 rings (SSSR count). The number of fused-ring (bicyclic) bond motifs is 3. The predicted molar refractivity (Wildman–Crippen MR) is 111 cm³/mol. The Bertz CT molecular complexity index is 1050. The molecule has 3 aromatic rings. The van der Waals surface area contributed by atoms with Gasteiger partial charge in [0.25, 0.3) is 0 Å². The van der Waals surface area contributed by atoms with E-state index in [4.69, 9.17) is 4.42 Å². The molecule has 0 radical (unpaired) electrons. The number of allylic oxidation sites excluding steroid dienone is 3. The van der Waals surface area contributed by atoms with Crippen LogP contribution in [-0.4, -0.2) is 5.78 Å². The van der Waals surface area contributed by atoms with Crippen LogP contribution in [0.5, 0.6) is 0 Å². The highest BCUT2D eigenvalue weighted by Crippen LogP contribution is 2.49. The molecule has 1 N–H and O–H groups in total. The Balaban J connectivity index is 1.46. The predicted octanol–water partition coefficient (Wildman–Crippen LogP) is 6.00. The molecular weight excluding hydrogens is 346 g/mol. The summed E-state index contributed by atoms with van der Waals surface area (Å²) in [6, 6.07) is 20.5. The van der Waals surface area contributed by atoms with Crippen molar-refractivity contribution in [1.29, 1.82) is 0 Å². The van der Waals surface area contributed by atoms with Crippen LogP contribution in [0.4, 0.5) is 5.69 Å². The number of benzene rings is 2. The minimum absolute atomic E-state index is 0.0112. The molecule has 2 aliphatic rings. The summed E-state index contributed by atoms with van der Waals surface area (Å²) in [5.74, 6) is 1.47.